The topological polar surface area (TPSA) is 44.8 Å². The van der Waals surface area contributed by atoms with Gasteiger partial charge < -0.3 is 14.2 Å². The molecule has 4 nitrogen and oxygen atoms in total. The molecule has 0 aliphatic rings. The fourth-order valence-corrected chi connectivity index (χ4v) is 7.30. The lowest BCUT2D eigenvalue weighted by molar-refractivity contribution is 0.0627. The molecule has 3 aromatic rings. The van der Waals surface area contributed by atoms with Crippen LogP contribution in [0, 0.1) is 0 Å². The molecule has 4 heteroatoms. The van der Waals surface area contributed by atoms with Crippen LogP contribution in [0.5, 0.6) is 11.5 Å². The van der Waals surface area contributed by atoms with Crippen LogP contribution in [0.2, 0.25) is 0 Å². The van der Waals surface area contributed by atoms with E-state index in [1.165, 1.54) is 154 Å². The highest BCUT2D eigenvalue weighted by Crippen LogP contribution is 2.25. The lowest BCUT2D eigenvalue weighted by Gasteiger charge is -2.14. The molecule has 0 aliphatic heterocycles. The van der Waals surface area contributed by atoms with E-state index in [0.717, 1.165) is 48.5 Å². The predicted octanol–water partition coefficient (Wildman–Crippen LogP) is 16.2. The summed E-state index contributed by atoms with van der Waals surface area (Å²) in [6.45, 7) is 8.19. The summed E-state index contributed by atoms with van der Waals surface area (Å²) in [6.07, 6.45) is 35.3. The van der Waals surface area contributed by atoms with Crippen molar-refractivity contribution in [1.29, 1.82) is 0 Å². The fourth-order valence-electron chi connectivity index (χ4n) is 7.30. The maximum absolute atomic E-state index is 12.9. The molecule has 55 heavy (non-hydrogen) atoms. The lowest BCUT2D eigenvalue weighted by atomic mass is 10.0. The van der Waals surface area contributed by atoms with Crippen molar-refractivity contribution >= 4 is 5.97 Å². The second-order valence-corrected chi connectivity index (χ2v) is 15.9. The molecule has 0 radical (unpaired) electrons. The zero-order valence-corrected chi connectivity index (χ0v) is 35.4. The summed E-state index contributed by atoms with van der Waals surface area (Å²) in [6, 6.07) is 23.5. The van der Waals surface area contributed by atoms with Crippen molar-refractivity contribution in [3.8, 4) is 22.6 Å². The number of esters is 1. The first-order chi connectivity index (χ1) is 27.1. The quantitative estimate of drug-likeness (QED) is 0.0346. The van der Waals surface area contributed by atoms with Gasteiger partial charge in [-0.15, -0.1) is 0 Å². The molecule has 0 amide bonds. The highest BCUT2D eigenvalue weighted by atomic mass is 16.5. The fraction of sp³-hybridized carbons (Fsp3) is 0.627. The Bertz CT molecular complexity index is 1330. The largest absolute Gasteiger partial charge is 0.494 e. The second-order valence-electron chi connectivity index (χ2n) is 15.9. The standard InChI is InChI=1S/C51H78O4/c1-4-6-8-10-12-14-15-16-17-18-19-20-21-22-23-25-26-28-42-53-44(3)45-34-40-50(41-35-45)55-51(52)48-32-30-46(31-33-48)47-36-38-49(39-37-47)54-43-29-27-24-13-11-9-7-5-2/h30-41,44H,4-29,42-43H2,1-3H3. The van der Waals surface area contributed by atoms with Crippen molar-refractivity contribution in [2.75, 3.05) is 13.2 Å². The molecule has 0 aliphatic carbocycles. The first kappa shape index (κ1) is 46.3. The molecule has 1 atom stereocenters. The summed E-state index contributed by atoms with van der Waals surface area (Å²) in [4.78, 5) is 12.9. The smallest absolute Gasteiger partial charge is 0.343 e. The Morgan fingerprint density at radius 1 is 0.436 bits per heavy atom. The van der Waals surface area contributed by atoms with Crippen molar-refractivity contribution < 1.29 is 19.0 Å². The molecule has 0 spiro atoms. The van der Waals surface area contributed by atoms with Gasteiger partial charge in [0.2, 0.25) is 0 Å². The maximum atomic E-state index is 12.9. The highest BCUT2D eigenvalue weighted by molar-refractivity contribution is 5.91. The van der Waals surface area contributed by atoms with E-state index in [0.29, 0.717) is 11.3 Å². The van der Waals surface area contributed by atoms with Gasteiger partial charge in [0.1, 0.15) is 11.5 Å². The van der Waals surface area contributed by atoms with E-state index in [1.807, 2.05) is 60.7 Å². The van der Waals surface area contributed by atoms with E-state index in [-0.39, 0.29) is 12.1 Å². The molecule has 0 aromatic heterocycles. The van der Waals surface area contributed by atoms with Crippen LogP contribution in [0.15, 0.2) is 72.8 Å². The van der Waals surface area contributed by atoms with Crippen LogP contribution in [-0.4, -0.2) is 19.2 Å². The molecular formula is C51H78O4. The van der Waals surface area contributed by atoms with E-state index in [4.69, 9.17) is 14.2 Å². The highest BCUT2D eigenvalue weighted by Gasteiger charge is 2.11. The molecule has 0 saturated heterocycles. The van der Waals surface area contributed by atoms with Crippen molar-refractivity contribution in [3.05, 3.63) is 83.9 Å². The first-order valence-electron chi connectivity index (χ1n) is 22.9. The van der Waals surface area contributed by atoms with Crippen molar-refractivity contribution in [3.63, 3.8) is 0 Å². The van der Waals surface area contributed by atoms with Gasteiger partial charge in [0.15, 0.2) is 0 Å². The number of ether oxygens (including phenoxy) is 3. The molecule has 306 valence electrons. The Kier molecular flexibility index (Phi) is 26.1. The summed E-state index contributed by atoms with van der Waals surface area (Å²) < 4.78 is 17.8. The zero-order valence-electron chi connectivity index (χ0n) is 35.4. The monoisotopic (exact) mass is 755 g/mol. The Labute approximate surface area is 337 Å². The van der Waals surface area contributed by atoms with Gasteiger partial charge in [-0.05, 0) is 72.9 Å². The average Bonchev–Trinajstić information content (AvgIpc) is 3.21. The number of hydrogen-bond donors (Lipinski definition) is 0. The SMILES string of the molecule is CCCCCCCCCCCCCCCCCCCCOC(C)c1ccc(OC(=O)c2ccc(-c3ccc(OCCCCCCCCCC)cc3)cc2)cc1. The van der Waals surface area contributed by atoms with Crippen LogP contribution in [0.4, 0.5) is 0 Å². The van der Waals surface area contributed by atoms with Crippen LogP contribution >= 0.6 is 0 Å². The van der Waals surface area contributed by atoms with Crippen LogP contribution < -0.4 is 9.47 Å². The molecule has 0 heterocycles. The first-order valence-corrected chi connectivity index (χ1v) is 22.9. The minimum atomic E-state index is -0.359. The third-order valence-electron chi connectivity index (χ3n) is 11.0. The van der Waals surface area contributed by atoms with Gasteiger partial charge in [-0.2, -0.15) is 0 Å². The molecule has 1 unspecified atom stereocenters. The summed E-state index contributed by atoms with van der Waals surface area (Å²) >= 11 is 0. The van der Waals surface area contributed by atoms with Crippen LogP contribution in [-0.2, 0) is 4.74 Å². The number of rotatable bonds is 34. The Morgan fingerprint density at radius 3 is 1.24 bits per heavy atom. The number of carbonyl (C=O) groups is 1. The van der Waals surface area contributed by atoms with Gasteiger partial charge in [0.05, 0.1) is 18.3 Å². The normalized spacial score (nSPS) is 11.8. The van der Waals surface area contributed by atoms with Gasteiger partial charge in [0.25, 0.3) is 0 Å². The Morgan fingerprint density at radius 2 is 0.800 bits per heavy atom. The third kappa shape index (κ3) is 21.7. The van der Waals surface area contributed by atoms with E-state index in [1.54, 1.807) is 0 Å². The summed E-state index contributed by atoms with van der Waals surface area (Å²) in [5, 5.41) is 0. The van der Waals surface area contributed by atoms with Gasteiger partial charge in [-0.3, -0.25) is 0 Å². The van der Waals surface area contributed by atoms with Crippen molar-refractivity contribution in [2.24, 2.45) is 0 Å². The number of hydrogen-bond acceptors (Lipinski definition) is 4. The second kappa shape index (κ2) is 31.0. The van der Waals surface area contributed by atoms with Gasteiger partial charge in [-0.25, -0.2) is 4.79 Å². The molecular weight excluding hydrogens is 677 g/mol. The third-order valence-corrected chi connectivity index (χ3v) is 11.0. The van der Waals surface area contributed by atoms with Crippen LogP contribution in [0.3, 0.4) is 0 Å². The summed E-state index contributed by atoms with van der Waals surface area (Å²) in [7, 11) is 0. The number of unbranched alkanes of at least 4 members (excludes halogenated alkanes) is 24. The minimum Gasteiger partial charge on any atom is -0.494 e. The molecule has 0 saturated carbocycles. The van der Waals surface area contributed by atoms with Gasteiger partial charge in [0, 0.05) is 6.61 Å². The number of benzene rings is 3. The summed E-state index contributed by atoms with van der Waals surface area (Å²) in [5.74, 6) is 1.08. The van der Waals surface area contributed by atoms with Crippen LogP contribution in [0.25, 0.3) is 11.1 Å². The predicted molar refractivity (Wildman–Crippen MR) is 235 cm³/mol. The van der Waals surface area contributed by atoms with Gasteiger partial charge in [-0.1, -0.05) is 204 Å². The van der Waals surface area contributed by atoms with E-state index in [9.17, 15) is 4.79 Å². The van der Waals surface area contributed by atoms with E-state index >= 15 is 0 Å². The zero-order chi connectivity index (χ0) is 39.0. The Balaban J connectivity index is 1.20. The Hall–Kier alpha value is -3.11. The van der Waals surface area contributed by atoms with Crippen LogP contribution in [0.1, 0.15) is 210 Å². The molecule has 0 fully saturated rings. The lowest BCUT2D eigenvalue weighted by Crippen LogP contribution is -2.08. The molecule has 3 rings (SSSR count). The van der Waals surface area contributed by atoms with Crippen molar-refractivity contribution in [2.45, 2.75) is 194 Å². The average molecular weight is 755 g/mol. The molecule has 0 N–H and O–H groups in total. The molecule has 3 aromatic carbocycles. The van der Waals surface area contributed by atoms with E-state index < -0.39 is 0 Å². The molecule has 0 bridgehead atoms. The number of carbonyl (C=O) groups excluding carboxylic acids is 1. The minimum absolute atomic E-state index is 0.0126. The maximum Gasteiger partial charge on any atom is 0.343 e. The van der Waals surface area contributed by atoms with E-state index in [2.05, 4.69) is 32.9 Å². The van der Waals surface area contributed by atoms with Crippen molar-refractivity contribution in [1.82, 2.24) is 0 Å². The van der Waals surface area contributed by atoms with Gasteiger partial charge >= 0.3 is 5.97 Å². The summed E-state index contributed by atoms with van der Waals surface area (Å²) in [5.41, 5.74) is 3.76.